The third kappa shape index (κ3) is 3.99. The first-order valence-corrected chi connectivity index (χ1v) is 6.59. The normalized spacial score (nSPS) is 29.1. The molecule has 78 valence electrons. The maximum Gasteiger partial charge on any atom is 0.0599 e. The average molecular weight is 249 g/mol. The molecule has 1 aliphatic carbocycles. The molecule has 1 nitrogen and oxygen atoms in total. The summed E-state index contributed by atoms with van der Waals surface area (Å²) in [7, 11) is 1.87. The SMILES string of the molecule is COC1CCCCC1CCCCBr. The van der Waals surface area contributed by atoms with Crippen LogP contribution >= 0.6 is 15.9 Å². The number of ether oxygens (including phenoxy) is 1. The molecule has 0 aliphatic heterocycles. The van der Waals surface area contributed by atoms with Crippen molar-refractivity contribution in [2.24, 2.45) is 5.92 Å². The van der Waals surface area contributed by atoms with Crippen LogP contribution in [0, 0.1) is 5.92 Å². The highest BCUT2D eigenvalue weighted by Gasteiger charge is 2.23. The summed E-state index contributed by atoms with van der Waals surface area (Å²) in [5.74, 6) is 0.845. The van der Waals surface area contributed by atoms with Gasteiger partial charge in [0, 0.05) is 12.4 Å². The van der Waals surface area contributed by atoms with Gasteiger partial charge in [0.25, 0.3) is 0 Å². The molecule has 0 saturated heterocycles. The van der Waals surface area contributed by atoms with Gasteiger partial charge in [-0.1, -0.05) is 35.2 Å². The Labute approximate surface area is 90.4 Å². The number of hydrogen-bond donors (Lipinski definition) is 0. The number of alkyl halides is 1. The minimum Gasteiger partial charge on any atom is -0.381 e. The Morgan fingerprint density at radius 1 is 1.23 bits per heavy atom. The summed E-state index contributed by atoms with van der Waals surface area (Å²) >= 11 is 3.48. The quantitative estimate of drug-likeness (QED) is 0.532. The van der Waals surface area contributed by atoms with Gasteiger partial charge in [0.05, 0.1) is 6.10 Å². The molecule has 1 saturated carbocycles. The molecule has 13 heavy (non-hydrogen) atoms. The van der Waals surface area contributed by atoms with E-state index in [-0.39, 0.29) is 0 Å². The predicted molar refractivity (Wildman–Crippen MR) is 60.4 cm³/mol. The van der Waals surface area contributed by atoms with Gasteiger partial charge >= 0.3 is 0 Å². The van der Waals surface area contributed by atoms with Crippen LogP contribution in [0.15, 0.2) is 0 Å². The van der Waals surface area contributed by atoms with Crippen molar-refractivity contribution in [3.8, 4) is 0 Å². The molecular weight excluding hydrogens is 228 g/mol. The lowest BCUT2D eigenvalue weighted by atomic mass is 9.83. The summed E-state index contributed by atoms with van der Waals surface area (Å²) in [6.45, 7) is 0. The monoisotopic (exact) mass is 248 g/mol. The molecule has 0 N–H and O–H groups in total. The second-order valence-corrected chi connectivity index (χ2v) is 4.80. The van der Waals surface area contributed by atoms with Gasteiger partial charge in [-0.2, -0.15) is 0 Å². The van der Waals surface area contributed by atoms with E-state index < -0.39 is 0 Å². The molecule has 2 atom stereocenters. The number of rotatable bonds is 5. The summed E-state index contributed by atoms with van der Waals surface area (Å²) < 4.78 is 5.52. The van der Waals surface area contributed by atoms with E-state index in [9.17, 15) is 0 Å². The lowest BCUT2D eigenvalue weighted by Crippen LogP contribution is -2.26. The van der Waals surface area contributed by atoms with Crippen LogP contribution in [0.25, 0.3) is 0 Å². The van der Waals surface area contributed by atoms with Gasteiger partial charge in [-0.05, 0) is 31.6 Å². The number of halogens is 1. The molecule has 0 spiro atoms. The fraction of sp³-hybridized carbons (Fsp3) is 1.00. The van der Waals surface area contributed by atoms with E-state index >= 15 is 0 Å². The van der Waals surface area contributed by atoms with Crippen LogP contribution in [0.3, 0.4) is 0 Å². The molecule has 0 heterocycles. The van der Waals surface area contributed by atoms with E-state index in [0.29, 0.717) is 6.10 Å². The Kier molecular flexibility index (Phi) is 6.05. The van der Waals surface area contributed by atoms with E-state index in [2.05, 4.69) is 15.9 Å². The van der Waals surface area contributed by atoms with E-state index in [4.69, 9.17) is 4.74 Å². The zero-order valence-corrected chi connectivity index (χ0v) is 10.2. The Balaban J connectivity index is 2.19. The van der Waals surface area contributed by atoms with Crippen LogP contribution in [0.2, 0.25) is 0 Å². The zero-order chi connectivity index (χ0) is 9.52. The van der Waals surface area contributed by atoms with Gasteiger partial charge < -0.3 is 4.74 Å². The van der Waals surface area contributed by atoms with Gasteiger partial charge in [0.2, 0.25) is 0 Å². The second kappa shape index (κ2) is 6.83. The molecular formula is C11H21BrO. The van der Waals surface area contributed by atoms with Gasteiger partial charge in [0.15, 0.2) is 0 Å². The third-order valence-corrected chi connectivity index (χ3v) is 3.66. The highest BCUT2D eigenvalue weighted by molar-refractivity contribution is 9.09. The van der Waals surface area contributed by atoms with Crippen molar-refractivity contribution in [1.82, 2.24) is 0 Å². The molecule has 1 rings (SSSR count). The molecule has 2 heteroatoms. The first-order chi connectivity index (χ1) is 6.38. The first kappa shape index (κ1) is 11.5. The van der Waals surface area contributed by atoms with Crippen LogP contribution in [-0.2, 0) is 4.74 Å². The summed E-state index contributed by atoms with van der Waals surface area (Å²) in [6, 6.07) is 0. The Hall–Kier alpha value is 0.440. The maximum absolute atomic E-state index is 5.52. The number of methoxy groups -OCH3 is 1. The molecule has 0 bridgehead atoms. The second-order valence-electron chi connectivity index (χ2n) is 4.00. The maximum atomic E-state index is 5.52. The molecule has 0 radical (unpaired) electrons. The van der Waals surface area contributed by atoms with E-state index in [1.807, 2.05) is 7.11 Å². The van der Waals surface area contributed by atoms with Gasteiger partial charge in [-0.25, -0.2) is 0 Å². The lowest BCUT2D eigenvalue weighted by molar-refractivity contribution is 0.0196. The van der Waals surface area contributed by atoms with Gasteiger partial charge in [-0.15, -0.1) is 0 Å². The van der Waals surface area contributed by atoms with E-state index in [1.165, 1.54) is 44.9 Å². The van der Waals surface area contributed by atoms with Crippen LogP contribution in [0.1, 0.15) is 44.9 Å². The lowest BCUT2D eigenvalue weighted by Gasteiger charge is -2.30. The van der Waals surface area contributed by atoms with Gasteiger partial charge in [0.1, 0.15) is 0 Å². The standard InChI is InChI=1S/C11H21BrO/c1-13-11-8-3-2-6-10(11)7-4-5-9-12/h10-11H,2-9H2,1H3. The van der Waals surface area contributed by atoms with Crippen molar-refractivity contribution < 1.29 is 4.74 Å². The zero-order valence-electron chi connectivity index (χ0n) is 8.60. The summed E-state index contributed by atoms with van der Waals surface area (Å²) in [4.78, 5) is 0. The largest absolute Gasteiger partial charge is 0.381 e. The van der Waals surface area contributed by atoms with Crippen molar-refractivity contribution >= 4 is 15.9 Å². The van der Waals surface area contributed by atoms with E-state index in [1.54, 1.807) is 0 Å². The summed E-state index contributed by atoms with van der Waals surface area (Å²) in [5, 5.41) is 1.15. The molecule has 0 aromatic heterocycles. The van der Waals surface area contributed by atoms with Crippen LogP contribution in [0.5, 0.6) is 0 Å². The molecule has 0 amide bonds. The molecule has 1 fully saturated rings. The van der Waals surface area contributed by atoms with Crippen molar-refractivity contribution in [2.75, 3.05) is 12.4 Å². The third-order valence-electron chi connectivity index (χ3n) is 3.10. The van der Waals surface area contributed by atoms with E-state index in [0.717, 1.165) is 11.2 Å². The van der Waals surface area contributed by atoms with Gasteiger partial charge in [-0.3, -0.25) is 0 Å². The highest BCUT2D eigenvalue weighted by atomic mass is 79.9. The molecule has 2 unspecified atom stereocenters. The van der Waals surface area contributed by atoms with Crippen LogP contribution < -0.4 is 0 Å². The minimum absolute atomic E-state index is 0.559. The Morgan fingerprint density at radius 2 is 2.00 bits per heavy atom. The molecule has 0 aromatic rings. The molecule has 1 aliphatic rings. The summed E-state index contributed by atoms with van der Waals surface area (Å²) in [6.07, 6.45) is 10.1. The summed E-state index contributed by atoms with van der Waals surface area (Å²) in [5.41, 5.74) is 0. The Morgan fingerprint density at radius 3 is 2.69 bits per heavy atom. The first-order valence-electron chi connectivity index (χ1n) is 5.47. The van der Waals surface area contributed by atoms with Crippen molar-refractivity contribution in [3.05, 3.63) is 0 Å². The fourth-order valence-corrected chi connectivity index (χ4v) is 2.71. The van der Waals surface area contributed by atoms with Crippen molar-refractivity contribution in [1.29, 1.82) is 0 Å². The average Bonchev–Trinajstić information content (AvgIpc) is 2.19. The topological polar surface area (TPSA) is 9.23 Å². The Bertz CT molecular complexity index is 127. The van der Waals surface area contributed by atoms with Crippen LogP contribution in [0.4, 0.5) is 0 Å². The smallest absolute Gasteiger partial charge is 0.0599 e. The minimum atomic E-state index is 0.559. The number of hydrogen-bond acceptors (Lipinski definition) is 1. The van der Waals surface area contributed by atoms with Crippen molar-refractivity contribution in [3.63, 3.8) is 0 Å². The predicted octanol–water partition coefficient (Wildman–Crippen LogP) is 3.76. The molecule has 0 aromatic carbocycles. The number of unbranched alkanes of at least 4 members (excludes halogenated alkanes) is 1. The highest BCUT2D eigenvalue weighted by Crippen LogP contribution is 2.30. The van der Waals surface area contributed by atoms with Crippen molar-refractivity contribution in [2.45, 2.75) is 51.0 Å². The van der Waals surface area contributed by atoms with Crippen LogP contribution in [-0.4, -0.2) is 18.5 Å². The fourth-order valence-electron chi connectivity index (χ4n) is 2.32.